The molecule has 1 heterocycles. The zero-order valence-corrected chi connectivity index (χ0v) is 12.5. The molecule has 0 aliphatic carbocycles. The number of nitrogens with zero attached hydrogens (tertiary/aromatic N) is 1. The summed E-state index contributed by atoms with van der Waals surface area (Å²) < 4.78 is 0. The Balaban J connectivity index is 2.63. The van der Waals surface area contributed by atoms with Crippen molar-refractivity contribution in [2.45, 2.75) is 12.8 Å². The van der Waals surface area contributed by atoms with Crippen molar-refractivity contribution in [2.75, 3.05) is 0 Å². The van der Waals surface area contributed by atoms with Gasteiger partial charge in [0.1, 0.15) is 5.15 Å². The summed E-state index contributed by atoms with van der Waals surface area (Å²) in [4.78, 5) is 4.27. The van der Waals surface area contributed by atoms with Crippen LogP contribution in [0.4, 0.5) is 0 Å². The maximum Gasteiger partial charge on any atom is 0.137 e. The molecular weight excluding hydrogens is 312 g/mol. The van der Waals surface area contributed by atoms with Gasteiger partial charge < -0.3 is 0 Å². The van der Waals surface area contributed by atoms with Gasteiger partial charge in [-0.2, -0.15) is 0 Å². The lowest BCUT2D eigenvalue weighted by molar-refractivity contribution is 1.14. The smallest absolute Gasteiger partial charge is 0.137 e. The van der Waals surface area contributed by atoms with Crippen molar-refractivity contribution in [2.24, 2.45) is 0 Å². The second kappa shape index (κ2) is 5.66. The van der Waals surface area contributed by atoms with Gasteiger partial charge in [0.15, 0.2) is 0 Å². The fourth-order valence-corrected chi connectivity index (χ4v) is 2.71. The Morgan fingerprint density at radius 3 is 2.39 bits per heavy atom. The number of halogens is 4. The fourth-order valence-electron chi connectivity index (χ4n) is 1.65. The average Bonchev–Trinajstić information content (AvgIpc) is 2.30. The molecule has 0 atom stereocenters. The van der Waals surface area contributed by atoms with Crippen LogP contribution < -0.4 is 0 Å². The Bertz CT molecular complexity index is 596. The van der Waals surface area contributed by atoms with E-state index < -0.39 is 0 Å². The highest BCUT2D eigenvalue weighted by Gasteiger charge is 2.12. The highest BCUT2D eigenvalue weighted by Crippen LogP contribution is 2.35. The summed E-state index contributed by atoms with van der Waals surface area (Å²) in [6.45, 7) is 1.87. The highest BCUT2D eigenvalue weighted by atomic mass is 35.5. The summed E-state index contributed by atoms with van der Waals surface area (Å²) in [7, 11) is 0. The molecule has 5 heteroatoms. The van der Waals surface area contributed by atoms with Gasteiger partial charge in [-0.15, -0.1) is 11.6 Å². The first kappa shape index (κ1) is 14.0. The molecule has 0 saturated heterocycles. The number of hydrogen-bond acceptors (Lipinski definition) is 1. The molecule has 1 nitrogen and oxygen atoms in total. The normalized spacial score (nSPS) is 10.7. The standard InChI is InChI=1S/C13H9Cl4N/c1-7-8(6-14)4-11(13(17)18-7)10-3-2-9(15)5-12(10)16/h2-5H,6H2,1H3. The highest BCUT2D eigenvalue weighted by molar-refractivity contribution is 6.37. The third-order valence-corrected chi connectivity index (χ3v) is 3.76. The summed E-state index contributed by atoms with van der Waals surface area (Å²) in [6, 6.07) is 7.17. The molecule has 0 N–H and O–H groups in total. The van der Waals surface area contributed by atoms with E-state index in [0.29, 0.717) is 21.1 Å². The maximum atomic E-state index is 6.17. The fraction of sp³-hybridized carbons (Fsp3) is 0.154. The van der Waals surface area contributed by atoms with Crippen molar-refractivity contribution < 1.29 is 0 Å². The van der Waals surface area contributed by atoms with Crippen molar-refractivity contribution >= 4 is 46.4 Å². The van der Waals surface area contributed by atoms with Crippen molar-refractivity contribution in [1.29, 1.82) is 0 Å². The SMILES string of the molecule is Cc1nc(Cl)c(-c2ccc(Cl)cc2Cl)cc1CCl. The van der Waals surface area contributed by atoms with Crippen LogP contribution >= 0.6 is 46.4 Å². The molecular formula is C13H9Cl4N. The maximum absolute atomic E-state index is 6.17. The van der Waals surface area contributed by atoms with Crippen molar-refractivity contribution in [3.05, 3.63) is 50.7 Å². The summed E-state index contributed by atoms with van der Waals surface area (Å²) in [5.41, 5.74) is 3.32. The van der Waals surface area contributed by atoms with E-state index in [9.17, 15) is 0 Å². The van der Waals surface area contributed by atoms with Crippen molar-refractivity contribution in [3.8, 4) is 11.1 Å². The molecule has 0 saturated carbocycles. The molecule has 94 valence electrons. The van der Waals surface area contributed by atoms with Crippen molar-refractivity contribution in [1.82, 2.24) is 4.98 Å². The number of benzene rings is 1. The lowest BCUT2D eigenvalue weighted by atomic mass is 10.0. The Hall–Kier alpha value is -0.470. The van der Waals surface area contributed by atoms with Crippen LogP contribution in [0.3, 0.4) is 0 Å². The Kier molecular flexibility index (Phi) is 4.39. The van der Waals surface area contributed by atoms with Crippen molar-refractivity contribution in [3.63, 3.8) is 0 Å². The third-order valence-electron chi connectivity index (χ3n) is 2.64. The van der Waals surface area contributed by atoms with Gasteiger partial charge in [0.05, 0.1) is 0 Å². The molecule has 2 aromatic rings. The summed E-state index contributed by atoms with van der Waals surface area (Å²) in [6.07, 6.45) is 0. The topological polar surface area (TPSA) is 12.9 Å². The molecule has 0 aliphatic heterocycles. The van der Waals surface area contributed by atoms with Crippen LogP contribution in [0.5, 0.6) is 0 Å². The number of hydrogen-bond donors (Lipinski definition) is 0. The van der Waals surface area contributed by atoms with E-state index in [2.05, 4.69) is 4.98 Å². The van der Waals surface area contributed by atoms with Gasteiger partial charge >= 0.3 is 0 Å². The van der Waals surface area contributed by atoms with E-state index >= 15 is 0 Å². The van der Waals surface area contributed by atoms with E-state index in [1.165, 1.54) is 0 Å². The molecule has 1 aromatic heterocycles. The zero-order chi connectivity index (χ0) is 13.3. The molecule has 18 heavy (non-hydrogen) atoms. The number of aryl methyl sites for hydroxylation is 1. The first-order chi connectivity index (χ1) is 8.52. The molecule has 0 radical (unpaired) electrons. The number of pyridine rings is 1. The van der Waals surface area contributed by atoms with Crippen LogP contribution in [-0.2, 0) is 5.88 Å². The molecule has 2 rings (SSSR count). The Labute approximate surface area is 126 Å². The first-order valence-corrected chi connectivity index (χ1v) is 6.87. The second-order valence-electron chi connectivity index (χ2n) is 3.83. The summed E-state index contributed by atoms with van der Waals surface area (Å²) >= 11 is 24.1. The summed E-state index contributed by atoms with van der Waals surface area (Å²) in [5.74, 6) is 0.383. The van der Waals surface area contributed by atoms with Crippen LogP contribution in [0.15, 0.2) is 24.3 Å². The van der Waals surface area contributed by atoms with Crippen LogP contribution in [-0.4, -0.2) is 4.98 Å². The summed E-state index contributed by atoms with van der Waals surface area (Å²) in [5, 5.41) is 1.53. The Morgan fingerprint density at radius 1 is 1.06 bits per heavy atom. The van der Waals surface area contributed by atoms with Gasteiger partial charge in [0.2, 0.25) is 0 Å². The number of aromatic nitrogens is 1. The first-order valence-electron chi connectivity index (χ1n) is 5.20. The quantitative estimate of drug-likeness (QED) is 0.506. The predicted octanol–water partition coefficient (Wildman–Crippen LogP) is 5.76. The lowest BCUT2D eigenvalue weighted by Crippen LogP contribution is -1.94. The molecule has 1 aromatic carbocycles. The van der Waals surface area contributed by atoms with Crippen LogP contribution in [0.2, 0.25) is 15.2 Å². The van der Waals surface area contributed by atoms with Gasteiger partial charge in [-0.05, 0) is 30.7 Å². The van der Waals surface area contributed by atoms with E-state index in [1.54, 1.807) is 12.1 Å². The third kappa shape index (κ3) is 2.75. The minimum absolute atomic E-state index is 0.383. The van der Waals surface area contributed by atoms with E-state index in [4.69, 9.17) is 46.4 Å². The molecule has 0 aliphatic rings. The van der Waals surface area contributed by atoms with Crippen LogP contribution in [0.1, 0.15) is 11.3 Å². The number of alkyl halides is 1. The molecule has 0 fully saturated rings. The van der Waals surface area contributed by atoms with Gasteiger partial charge in [0, 0.05) is 32.7 Å². The minimum Gasteiger partial charge on any atom is -0.240 e. The number of rotatable bonds is 2. The van der Waals surface area contributed by atoms with E-state index in [-0.39, 0.29) is 0 Å². The largest absolute Gasteiger partial charge is 0.240 e. The van der Waals surface area contributed by atoms with E-state index in [0.717, 1.165) is 22.4 Å². The minimum atomic E-state index is 0.383. The lowest BCUT2D eigenvalue weighted by Gasteiger charge is -2.10. The molecule has 0 bridgehead atoms. The van der Waals surface area contributed by atoms with E-state index in [1.807, 2.05) is 19.1 Å². The van der Waals surface area contributed by atoms with Crippen LogP contribution in [0, 0.1) is 6.92 Å². The zero-order valence-electron chi connectivity index (χ0n) is 9.48. The van der Waals surface area contributed by atoms with Gasteiger partial charge in [-0.3, -0.25) is 0 Å². The van der Waals surface area contributed by atoms with Gasteiger partial charge in [-0.25, -0.2) is 4.98 Å². The molecule has 0 spiro atoms. The second-order valence-corrected chi connectivity index (χ2v) is 5.30. The Morgan fingerprint density at radius 2 is 1.78 bits per heavy atom. The predicted molar refractivity (Wildman–Crippen MR) is 79.0 cm³/mol. The van der Waals surface area contributed by atoms with Gasteiger partial charge in [0.25, 0.3) is 0 Å². The molecule has 0 unspecified atom stereocenters. The average molecular weight is 321 g/mol. The van der Waals surface area contributed by atoms with Crippen LogP contribution in [0.25, 0.3) is 11.1 Å². The monoisotopic (exact) mass is 319 g/mol. The van der Waals surface area contributed by atoms with Gasteiger partial charge in [-0.1, -0.05) is 40.9 Å². The molecule has 0 amide bonds.